The summed E-state index contributed by atoms with van der Waals surface area (Å²) in [7, 11) is -1.61. The molecule has 8 nitrogen and oxygen atoms in total. The van der Waals surface area contributed by atoms with Crippen LogP contribution in [0.25, 0.3) is 0 Å². The highest BCUT2D eigenvalue weighted by Gasteiger charge is 2.28. The first-order valence-electron chi connectivity index (χ1n) is 7.88. The van der Waals surface area contributed by atoms with Crippen molar-refractivity contribution in [2.75, 3.05) is 51.8 Å². The summed E-state index contributed by atoms with van der Waals surface area (Å²) < 4.78 is 31.1. The van der Waals surface area contributed by atoms with E-state index >= 15 is 0 Å². The monoisotopic (exact) mass is 503 g/mol. The third kappa shape index (κ3) is 6.94. The molecule has 0 saturated carbocycles. The Morgan fingerprint density at radius 1 is 1.40 bits per heavy atom. The van der Waals surface area contributed by atoms with E-state index in [9.17, 15) is 8.42 Å². The van der Waals surface area contributed by atoms with Crippen LogP contribution in [0.1, 0.15) is 12.1 Å². The molecule has 0 unspecified atom stereocenters. The fourth-order valence-electron chi connectivity index (χ4n) is 2.52. The van der Waals surface area contributed by atoms with E-state index in [-0.39, 0.29) is 29.7 Å². The molecule has 0 radical (unpaired) electrons. The molecule has 0 atom stereocenters. The molecule has 1 aliphatic heterocycles. The predicted molar refractivity (Wildman–Crippen MR) is 112 cm³/mol. The van der Waals surface area contributed by atoms with Gasteiger partial charge in [0, 0.05) is 45.8 Å². The quantitative estimate of drug-likeness (QED) is 0.258. The molecule has 1 aliphatic rings. The number of guanidine groups is 1. The zero-order valence-electron chi connectivity index (χ0n) is 14.5. The molecule has 2 heterocycles. The number of hydrogen-bond acceptors (Lipinski definition) is 6. The van der Waals surface area contributed by atoms with Gasteiger partial charge < -0.3 is 14.7 Å². The lowest BCUT2D eigenvalue weighted by Gasteiger charge is -2.35. The minimum absolute atomic E-state index is 0. The van der Waals surface area contributed by atoms with E-state index in [1.165, 1.54) is 10.6 Å². The van der Waals surface area contributed by atoms with Gasteiger partial charge >= 0.3 is 0 Å². The SMILES string of the molecule is CN=C(NCCCSC)N1CCN(S(=O)(=O)Cc2ccon2)CC1.I. The van der Waals surface area contributed by atoms with Gasteiger partial charge in [0.2, 0.25) is 10.0 Å². The Bertz CT molecular complexity index is 616. The third-order valence-electron chi connectivity index (χ3n) is 3.77. The maximum atomic E-state index is 12.4. The van der Waals surface area contributed by atoms with Crippen LogP contribution in [0.15, 0.2) is 21.8 Å². The average Bonchev–Trinajstić information content (AvgIpc) is 3.07. The van der Waals surface area contributed by atoms with Gasteiger partial charge in [-0.1, -0.05) is 5.16 Å². The highest BCUT2D eigenvalue weighted by atomic mass is 127. The predicted octanol–water partition coefficient (Wildman–Crippen LogP) is 1.07. The second-order valence-electron chi connectivity index (χ2n) is 5.45. The Labute approximate surface area is 170 Å². The molecule has 0 aliphatic carbocycles. The Morgan fingerprint density at radius 2 is 2.12 bits per heavy atom. The first-order valence-corrected chi connectivity index (χ1v) is 10.9. The summed E-state index contributed by atoms with van der Waals surface area (Å²) in [5, 5.41) is 7.02. The second-order valence-corrected chi connectivity index (χ2v) is 8.41. The molecule has 1 aromatic heterocycles. The van der Waals surface area contributed by atoms with Gasteiger partial charge in [0.15, 0.2) is 5.96 Å². The fourth-order valence-corrected chi connectivity index (χ4v) is 4.38. The molecule has 0 bridgehead atoms. The van der Waals surface area contributed by atoms with Crippen molar-refractivity contribution < 1.29 is 12.9 Å². The third-order valence-corrected chi connectivity index (χ3v) is 6.28. The summed E-state index contributed by atoms with van der Waals surface area (Å²) in [4.78, 5) is 6.39. The summed E-state index contributed by atoms with van der Waals surface area (Å²) in [5.74, 6) is 1.83. The number of sulfonamides is 1. The normalized spacial score (nSPS) is 16.6. The standard InChI is InChI=1S/C14H25N5O3S2.HI/c1-15-14(16-5-3-11-23-2)18-6-8-19(9-7-18)24(20,21)12-13-4-10-22-17-13;/h4,10H,3,5-9,11-12H2,1-2H3,(H,15,16);1H. The van der Waals surface area contributed by atoms with Gasteiger partial charge in [-0.3, -0.25) is 4.99 Å². The first kappa shape index (κ1) is 22.5. The van der Waals surface area contributed by atoms with Crippen molar-refractivity contribution in [2.24, 2.45) is 4.99 Å². The van der Waals surface area contributed by atoms with Crippen molar-refractivity contribution in [1.29, 1.82) is 0 Å². The summed E-state index contributed by atoms with van der Waals surface area (Å²) in [5.41, 5.74) is 0.434. The van der Waals surface area contributed by atoms with Crippen LogP contribution in [-0.4, -0.2) is 80.5 Å². The summed E-state index contributed by atoms with van der Waals surface area (Å²) in [6, 6.07) is 1.58. The Balaban J connectivity index is 0.00000312. The van der Waals surface area contributed by atoms with E-state index in [0.29, 0.717) is 31.9 Å². The molecule has 0 amide bonds. The van der Waals surface area contributed by atoms with Gasteiger partial charge in [-0.25, -0.2) is 8.42 Å². The Kier molecular flexibility index (Phi) is 10.1. The zero-order chi connectivity index (χ0) is 17.4. The zero-order valence-corrected chi connectivity index (χ0v) is 18.5. The van der Waals surface area contributed by atoms with Crippen LogP contribution in [-0.2, 0) is 15.8 Å². The molecule has 1 fully saturated rings. The number of thioether (sulfide) groups is 1. The minimum atomic E-state index is -3.37. The van der Waals surface area contributed by atoms with Gasteiger partial charge in [-0.15, -0.1) is 24.0 Å². The van der Waals surface area contributed by atoms with Crippen LogP contribution in [0.4, 0.5) is 0 Å². The largest absolute Gasteiger partial charge is 0.364 e. The molecule has 0 spiro atoms. The van der Waals surface area contributed by atoms with Gasteiger partial charge in [-0.2, -0.15) is 16.1 Å². The van der Waals surface area contributed by atoms with Crippen molar-refractivity contribution in [3.05, 3.63) is 18.0 Å². The number of piperazine rings is 1. The molecular formula is C14H26IN5O3S2. The highest BCUT2D eigenvalue weighted by molar-refractivity contribution is 14.0. The molecule has 25 heavy (non-hydrogen) atoms. The molecule has 11 heteroatoms. The Morgan fingerprint density at radius 3 is 2.68 bits per heavy atom. The van der Waals surface area contributed by atoms with E-state index in [0.717, 1.165) is 24.7 Å². The fraction of sp³-hybridized carbons (Fsp3) is 0.714. The van der Waals surface area contributed by atoms with Crippen LogP contribution in [0.2, 0.25) is 0 Å². The van der Waals surface area contributed by atoms with Crippen molar-refractivity contribution in [3.63, 3.8) is 0 Å². The van der Waals surface area contributed by atoms with Gasteiger partial charge in [0.05, 0.1) is 5.69 Å². The number of nitrogens with one attached hydrogen (secondary N) is 1. The smallest absolute Gasteiger partial charge is 0.220 e. The summed E-state index contributed by atoms with van der Waals surface area (Å²) >= 11 is 1.82. The highest BCUT2D eigenvalue weighted by Crippen LogP contribution is 2.12. The average molecular weight is 503 g/mol. The van der Waals surface area contributed by atoms with Gasteiger partial charge in [0.1, 0.15) is 12.0 Å². The number of aliphatic imine (C=N–C) groups is 1. The van der Waals surface area contributed by atoms with Crippen LogP contribution in [0.3, 0.4) is 0 Å². The minimum Gasteiger partial charge on any atom is -0.364 e. The lowest BCUT2D eigenvalue weighted by Crippen LogP contribution is -2.54. The molecule has 1 aromatic rings. The van der Waals surface area contributed by atoms with E-state index in [4.69, 9.17) is 4.52 Å². The molecule has 1 saturated heterocycles. The van der Waals surface area contributed by atoms with E-state index in [1.54, 1.807) is 13.1 Å². The second kappa shape index (κ2) is 11.2. The topological polar surface area (TPSA) is 91.0 Å². The lowest BCUT2D eigenvalue weighted by atomic mass is 10.4. The van der Waals surface area contributed by atoms with E-state index in [1.807, 2.05) is 11.8 Å². The van der Waals surface area contributed by atoms with Crippen LogP contribution in [0, 0.1) is 0 Å². The van der Waals surface area contributed by atoms with Crippen molar-refractivity contribution in [3.8, 4) is 0 Å². The van der Waals surface area contributed by atoms with Crippen LogP contribution >= 0.6 is 35.7 Å². The Hall–Kier alpha value is -0.530. The lowest BCUT2D eigenvalue weighted by molar-refractivity contribution is 0.260. The molecule has 144 valence electrons. The van der Waals surface area contributed by atoms with Crippen molar-refractivity contribution >= 4 is 51.7 Å². The van der Waals surface area contributed by atoms with Crippen LogP contribution in [0.5, 0.6) is 0 Å². The molecule has 0 aromatic carbocycles. The maximum absolute atomic E-state index is 12.4. The summed E-state index contributed by atoms with van der Waals surface area (Å²) in [6.45, 7) is 3.02. The van der Waals surface area contributed by atoms with Gasteiger partial charge in [-0.05, 0) is 18.4 Å². The molecule has 1 N–H and O–H groups in total. The number of aromatic nitrogens is 1. The number of halogens is 1. The first-order chi connectivity index (χ1) is 11.6. The summed E-state index contributed by atoms with van der Waals surface area (Å²) in [6.07, 6.45) is 4.55. The number of nitrogens with zero attached hydrogens (tertiary/aromatic N) is 4. The number of hydrogen-bond donors (Lipinski definition) is 1. The van der Waals surface area contributed by atoms with Crippen molar-refractivity contribution in [1.82, 2.24) is 19.7 Å². The maximum Gasteiger partial charge on any atom is 0.220 e. The molecule has 2 rings (SSSR count). The van der Waals surface area contributed by atoms with E-state index in [2.05, 4.69) is 26.6 Å². The number of rotatable bonds is 7. The van der Waals surface area contributed by atoms with E-state index < -0.39 is 10.0 Å². The van der Waals surface area contributed by atoms with Crippen molar-refractivity contribution in [2.45, 2.75) is 12.2 Å². The molecular weight excluding hydrogens is 477 g/mol. The van der Waals surface area contributed by atoms with Crippen LogP contribution < -0.4 is 5.32 Å². The van der Waals surface area contributed by atoms with Gasteiger partial charge in [0.25, 0.3) is 0 Å².